The Morgan fingerprint density at radius 2 is 2.10 bits per heavy atom. The molecule has 4 nitrogen and oxygen atoms in total. The number of hydrazine groups is 1. The van der Waals surface area contributed by atoms with Crippen LogP contribution in [0.1, 0.15) is 18.4 Å². The van der Waals surface area contributed by atoms with E-state index in [1.165, 1.54) is 12.0 Å². The molecule has 0 aromatic heterocycles. The summed E-state index contributed by atoms with van der Waals surface area (Å²) in [5.74, 6) is 0. The highest BCUT2D eigenvalue weighted by atomic mass is 16.5. The van der Waals surface area contributed by atoms with Crippen molar-refractivity contribution in [1.29, 1.82) is 0 Å². The third-order valence-corrected chi connectivity index (χ3v) is 3.66. The van der Waals surface area contributed by atoms with Gasteiger partial charge in [-0.15, -0.1) is 0 Å². The lowest BCUT2D eigenvalue weighted by Crippen LogP contribution is -2.39. The standard InChI is InChI=1S/C16H27N3O/c1-19(14-16-8-10-17-18-16)11-5-12-20-13-9-15-6-3-2-4-7-15/h2-4,6-7,16-18H,5,8-14H2,1H3. The second-order valence-electron chi connectivity index (χ2n) is 5.52. The Labute approximate surface area is 122 Å². The van der Waals surface area contributed by atoms with Gasteiger partial charge in [-0.1, -0.05) is 30.3 Å². The average Bonchev–Trinajstić information content (AvgIpc) is 2.96. The number of nitrogens with zero attached hydrogens (tertiary/aromatic N) is 1. The third-order valence-electron chi connectivity index (χ3n) is 3.66. The van der Waals surface area contributed by atoms with E-state index < -0.39 is 0 Å². The molecule has 1 aliphatic rings. The smallest absolute Gasteiger partial charge is 0.0506 e. The first-order valence-electron chi connectivity index (χ1n) is 7.63. The lowest BCUT2D eigenvalue weighted by Gasteiger charge is -2.20. The molecular weight excluding hydrogens is 250 g/mol. The van der Waals surface area contributed by atoms with Gasteiger partial charge in [0.1, 0.15) is 0 Å². The molecular formula is C16H27N3O. The summed E-state index contributed by atoms with van der Waals surface area (Å²) in [4.78, 5) is 2.38. The zero-order chi connectivity index (χ0) is 14.0. The van der Waals surface area contributed by atoms with Gasteiger partial charge >= 0.3 is 0 Å². The van der Waals surface area contributed by atoms with E-state index >= 15 is 0 Å². The average molecular weight is 277 g/mol. The summed E-state index contributed by atoms with van der Waals surface area (Å²) in [5.41, 5.74) is 7.82. The fraction of sp³-hybridized carbons (Fsp3) is 0.625. The molecule has 0 aliphatic carbocycles. The van der Waals surface area contributed by atoms with Crippen LogP contribution in [0.4, 0.5) is 0 Å². The number of benzene rings is 1. The van der Waals surface area contributed by atoms with E-state index in [-0.39, 0.29) is 0 Å². The van der Waals surface area contributed by atoms with Crippen LogP contribution in [0.25, 0.3) is 0 Å². The van der Waals surface area contributed by atoms with Crippen LogP contribution < -0.4 is 10.9 Å². The van der Waals surface area contributed by atoms with Gasteiger partial charge < -0.3 is 9.64 Å². The van der Waals surface area contributed by atoms with Crippen molar-refractivity contribution in [3.63, 3.8) is 0 Å². The van der Waals surface area contributed by atoms with Gasteiger partial charge in [0.25, 0.3) is 0 Å². The van der Waals surface area contributed by atoms with Crippen molar-refractivity contribution >= 4 is 0 Å². The van der Waals surface area contributed by atoms with E-state index in [2.05, 4.69) is 53.1 Å². The second kappa shape index (κ2) is 9.08. The highest BCUT2D eigenvalue weighted by Crippen LogP contribution is 2.01. The van der Waals surface area contributed by atoms with Gasteiger partial charge in [-0.3, -0.25) is 10.9 Å². The van der Waals surface area contributed by atoms with E-state index in [1.54, 1.807) is 0 Å². The van der Waals surface area contributed by atoms with Gasteiger partial charge in [0, 0.05) is 32.3 Å². The van der Waals surface area contributed by atoms with Crippen LogP contribution in [0.5, 0.6) is 0 Å². The van der Waals surface area contributed by atoms with Gasteiger partial charge in [-0.25, -0.2) is 0 Å². The number of nitrogens with one attached hydrogen (secondary N) is 2. The summed E-state index contributed by atoms with van der Waals surface area (Å²) < 4.78 is 5.70. The minimum Gasteiger partial charge on any atom is -0.381 e. The number of ether oxygens (including phenoxy) is 1. The molecule has 2 N–H and O–H groups in total. The van der Waals surface area contributed by atoms with Gasteiger partial charge in [0.05, 0.1) is 6.61 Å². The van der Waals surface area contributed by atoms with E-state index in [9.17, 15) is 0 Å². The van der Waals surface area contributed by atoms with Gasteiger partial charge in [-0.2, -0.15) is 0 Å². The lowest BCUT2D eigenvalue weighted by molar-refractivity contribution is 0.125. The highest BCUT2D eigenvalue weighted by molar-refractivity contribution is 5.14. The van der Waals surface area contributed by atoms with Crippen LogP contribution in [0.2, 0.25) is 0 Å². The minimum atomic E-state index is 0.596. The van der Waals surface area contributed by atoms with Crippen molar-refractivity contribution in [1.82, 2.24) is 15.8 Å². The molecule has 0 saturated carbocycles. The summed E-state index contributed by atoms with van der Waals surface area (Å²) >= 11 is 0. The predicted octanol–water partition coefficient (Wildman–Crippen LogP) is 1.43. The molecule has 1 unspecified atom stereocenters. The minimum absolute atomic E-state index is 0.596. The first-order chi connectivity index (χ1) is 9.84. The summed E-state index contributed by atoms with van der Waals surface area (Å²) in [7, 11) is 2.18. The van der Waals surface area contributed by atoms with Crippen molar-refractivity contribution in [2.75, 3.05) is 39.9 Å². The molecule has 1 saturated heterocycles. The Bertz CT molecular complexity index is 352. The topological polar surface area (TPSA) is 36.5 Å². The van der Waals surface area contributed by atoms with Crippen LogP contribution in [0, 0.1) is 0 Å². The maximum Gasteiger partial charge on any atom is 0.0506 e. The van der Waals surface area contributed by atoms with Crippen molar-refractivity contribution in [3.05, 3.63) is 35.9 Å². The monoisotopic (exact) mass is 277 g/mol. The molecule has 0 spiro atoms. The molecule has 20 heavy (non-hydrogen) atoms. The molecule has 1 aromatic rings. The van der Waals surface area contributed by atoms with Crippen LogP contribution in [0.15, 0.2) is 30.3 Å². The number of hydrogen-bond donors (Lipinski definition) is 2. The van der Waals surface area contributed by atoms with E-state index in [1.807, 2.05) is 0 Å². The fourth-order valence-electron chi connectivity index (χ4n) is 2.51. The molecule has 1 atom stereocenters. The van der Waals surface area contributed by atoms with Crippen LogP contribution in [0.3, 0.4) is 0 Å². The molecule has 1 aliphatic heterocycles. The lowest BCUT2D eigenvalue weighted by atomic mass is 10.2. The number of hydrogen-bond acceptors (Lipinski definition) is 4. The fourth-order valence-corrected chi connectivity index (χ4v) is 2.51. The maximum atomic E-state index is 5.70. The zero-order valence-corrected chi connectivity index (χ0v) is 12.5. The van der Waals surface area contributed by atoms with Crippen molar-refractivity contribution in [2.45, 2.75) is 25.3 Å². The normalized spacial score (nSPS) is 18.8. The quantitative estimate of drug-likeness (QED) is 0.670. The Hall–Kier alpha value is -0.940. The Morgan fingerprint density at radius 1 is 1.25 bits per heavy atom. The first kappa shape index (κ1) is 15.4. The van der Waals surface area contributed by atoms with E-state index in [0.717, 1.165) is 45.7 Å². The van der Waals surface area contributed by atoms with E-state index in [4.69, 9.17) is 4.74 Å². The van der Waals surface area contributed by atoms with Gasteiger partial charge in [-0.05, 0) is 31.9 Å². The van der Waals surface area contributed by atoms with Crippen LogP contribution in [-0.4, -0.2) is 50.8 Å². The SMILES string of the molecule is CN(CCCOCCc1ccccc1)CC1CCNN1. The molecule has 0 amide bonds. The number of likely N-dealkylation sites (N-methyl/N-ethyl adjacent to an activating group) is 1. The largest absolute Gasteiger partial charge is 0.381 e. The summed E-state index contributed by atoms with van der Waals surface area (Å²) in [6.07, 6.45) is 3.33. The first-order valence-corrected chi connectivity index (χ1v) is 7.63. The van der Waals surface area contributed by atoms with Gasteiger partial charge in [0.15, 0.2) is 0 Å². The zero-order valence-electron chi connectivity index (χ0n) is 12.5. The Kier molecular flexibility index (Phi) is 7.01. The van der Waals surface area contributed by atoms with Crippen molar-refractivity contribution in [2.24, 2.45) is 0 Å². The number of rotatable bonds is 9. The molecule has 2 rings (SSSR count). The molecule has 1 fully saturated rings. The molecule has 112 valence electrons. The molecule has 4 heteroatoms. The van der Waals surface area contributed by atoms with Crippen molar-refractivity contribution in [3.8, 4) is 0 Å². The summed E-state index contributed by atoms with van der Waals surface area (Å²) in [6, 6.07) is 11.1. The van der Waals surface area contributed by atoms with Crippen molar-refractivity contribution < 1.29 is 4.74 Å². The Balaban J connectivity index is 1.45. The third kappa shape index (κ3) is 6.01. The Morgan fingerprint density at radius 3 is 2.85 bits per heavy atom. The predicted molar refractivity (Wildman–Crippen MR) is 82.6 cm³/mol. The maximum absolute atomic E-state index is 5.70. The van der Waals surface area contributed by atoms with E-state index in [0.29, 0.717) is 6.04 Å². The molecule has 1 heterocycles. The van der Waals surface area contributed by atoms with Gasteiger partial charge in [0.2, 0.25) is 0 Å². The van der Waals surface area contributed by atoms with Crippen LogP contribution >= 0.6 is 0 Å². The molecule has 0 bridgehead atoms. The second-order valence-corrected chi connectivity index (χ2v) is 5.52. The summed E-state index contributed by atoms with van der Waals surface area (Å²) in [5, 5.41) is 0. The molecule has 1 aromatic carbocycles. The molecule has 0 radical (unpaired) electrons. The summed E-state index contributed by atoms with van der Waals surface area (Å²) in [6.45, 7) is 4.97. The highest BCUT2D eigenvalue weighted by Gasteiger charge is 2.14. The van der Waals surface area contributed by atoms with Crippen LogP contribution in [-0.2, 0) is 11.2 Å².